The van der Waals surface area contributed by atoms with Gasteiger partial charge in [0.2, 0.25) is 10.0 Å². The molecule has 0 bridgehead atoms. The third kappa shape index (κ3) is 3.56. The van der Waals surface area contributed by atoms with Gasteiger partial charge in [0.25, 0.3) is 0 Å². The third-order valence-corrected chi connectivity index (χ3v) is 5.40. The highest BCUT2D eigenvalue weighted by molar-refractivity contribution is 7.89. The van der Waals surface area contributed by atoms with E-state index >= 15 is 0 Å². The molecule has 1 aliphatic heterocycles. The molecule has 1 heterocycles. The number of methoxy groups -OCH3 is 1. The van der Waals surface area contributed by atoms with Crippen molar-refractivity contribution in [1.82, 2.24) is 4.72 Å². The van der Waals surface area contributed by atoms with Gasteiger partial charge in [-0.05, 0) is 50.8 Å². The van der Waals surface area contributed by atoms with Gasteiger partial charge in [-0.15, -0.1) is 0 Å². The van der Waals surface area contributed by atoms with E-state index in [0.717, 1.165) is 36.2 Å². The van der Waals surface area contributed by atoms with Crippen molar-refractivity contribution in [3.05, 3.63) is 23.3 Å². The van der Waals surface area contributed by atoms with Crippen LogP contribution in [0.15, 0.2) is 17.0 Å². The quantitative estimate of drug-likeness (QED) is 0.873. The van der Waals surface area contributed by atoms with Gasteiger partial charge in [-0.3, -0.25) is 0 Å². The molecule has 6 heteroatoms. The average Bonchev–Trinajstić information content (AvgIpc) is 2.46. The first-order chi connectivity index (χ1) is 9.77. The number of hydrogen-bond acceptors (Lipinski definition) is 4. The Bertz CT molecular complexity index is 624. The smallest absolute Gasteiger partial charge is 0.241 e. The number of fused-ring (bicyclic) bond motifs is 1. The van der Waals surface area contributed by atoms with Crippen LogP contribution in [0, 0.1) is 6.92 Å². The Hall–Kier alpha value is -1.11. The second kappa shape index (κ2) is 5.94. The molecule has 0 aromatic heterocycles. The standard InChI is InChI=1S/C15H24N2O3S/c1-11-7-8-13(12-6-5-9-16-14(11)12)21(18,19)17-10-15(2,3)20-4/h7-8,16-17H,5-6,9-10H2,1-4H3. The molecule has 2 rings (SSSR count). The predicted octanol–water partition coefficient (Wildman–Crippen LogP) is 2.06. The molecule has 0 spiro atoms. The van der Waals surface area contributed by atoms with E-state index in [0.29, 0.717) is 4.90 Å². The first-order valence-electron chi connectivity index (χ1n) is 7.18. The summed E-state index contributed by atoms with van der Waals surface area (Å²) in [5.41, 5.74) is 2.41. The summed E-state index contributed by atoms with van der Waals surface area (Å²) in [7, 11) is -1.96. The summed E-state index contributed by atoms with van der Waals surface area (Å²) < 4.78 is 33.1. The van der Waals surface area contributed by atoms with Crippen molar-refractivity contribution in [2.45, 2.75) is 44.1 Å². The van der Waals surface area contributed by atoms with Crippen LogP contribution >= 0.6 is 0 Å². The molecule has 1 aliphatic rings. The number of nitrogens with one attached hydrogen (secondary N) is 2. The molecule has 0 aliphatic carbocycles. The van der Waals surface area contributed by atoms with Gasteiger partial charge in [0.05, 0.1) is 10.5 Å². The van der Waals surface area contributed by atoms with Crippen LogP contribution in [0.4, 0.5) is 5.69 Å². The van der Waals surface area contributed by atoms with Gasteiger partial charge in [0.15, 0.2) is 0 Å². The lowest BCUT2D eigenvalue weighted by atomic mass is 10.00. The number of anilines is 1. The van der Waals surface area contributed by atoms with Gasteiger partial charge in [-0.1, -0.05) is 6.07 Å². The zero-order valence-electron chi connectivity index (χ0n) is 13.1. The predicted molar refractivity (Wildman–Crippen MR) is 84.3 cm³/mol. The van der Waals surface area contributed by atoms with Crippen LogP contribution in [-0.2, 0) is 21.2 Å². The molecule has 0 saturated heterocycles. The minimum atomic E-state index is -3.53. The Morgan fingerprint density at radius 3 is 2.76 bits per heavy atom. The van der Waals surface area contributed by atoms with Crippen molar-refractivity contribution in [3.8, 4) is 0 Å². The lowest BCUT2D eigenvalue weighted by Crippen LogP contribution is -2.40. The van der Waals surface area contributed by atoms with E-state index in [9.17, 15) is 8.42 Å². The SMILES string of the molecule is COC(C)(C)CNS(=O)(=O)c1ccc(C)c2c1CCCN2. The largest absolute Gasteiger partial charge is 0.385 e. The van der Waals surface area contributed by atoms with Gasteiger partial charge in [0.1, 0.15) is 0 Å². The second-order valence-corrected chi connectivity index (χ2v) is 7.79. The lowest BCUT2D eigenvalue weighted by molar-refractivity contribution is 0.0276. The second-order valence-electron chi connectivity index (χ2n) is 6.05. The van der Waals surface area contributed by atoms with E-state index in [2.05, 4.69) is 10.0 Å². The number of hydrogen-bond donors (Lipinski definition) is 2. The summed E-state index contributed by atoms with van der Waals surface area (Å²) in [6.07, 6.45) is 1.73. The minimum Gasteiger partial charge on any atom is -0.385 e. The van der Waals surface area contributed by atoms with Gasteiger partial charge in [0, 0.05) is 25.9 Å². The number of aryl methyl sites for hydroxylation is 1. The third-order valence-electron chi connectivity index (χ3n) is 3.91. The van der Waals surface area contributed by atoms with Gasteiger partial charge in [-0.25, -0.2) is 13.1 Å². The van der Waals surface area contributed by atoms with Crippen LogP contribution in [0.25, 0.3) is 0 Å². The van der Waals surface area contributed by atoms with Gasteiger partial charge in [-0.2, -0.15) is 0 Å². The Balaban J connectivity index is 2.33. The minimum absolute atomic E-state index is 0.238. The maximum atomic E-state index is 12.6. The highest BCUT2D eigenvalue weighted by Crippen LogP contribution is 2.31. The molecule has 0 amide bonds. The van der Waals surface area contributed by atoms with Crippen LogP contribution in [0.2, 0.25) is 0 Å². The van der Waals surface area contributed by atoms with Crippen molar-refractivity contribution in [3.63, 3.8) is 0 Å². The summed E-state index contributed by atoms with van der Waals surface area (Å²) in [5.74, 6) is 0. The molecule has 0 unspecified atom stereocenters. The van der Waals surface area contributed by atoms with E-state index in [1.165, 1.54) is 0 Å². The maximum Gasteiger partial charge on any atom is 0.241 e. The molecule has 0 saturated carbocycles. The molecule has 1 aromatic carbocycles. The molecule has 0 fully saturated rings. The Morgan fingerprint density at radius 2 is 2.10 bits per heavy atom. The van der Waals surface area contributed by atoms with Crippen LogP contribution in [0.5, 0.6) is 0 Å². The fraction of sp³-hybridized carbons (Fsp3) is 0.600. The summed E-state index contributed by atoms with van der Waals surface area (Å²) in [5, 5.41) is 3.31. The van der Waals surface area contributed by atoms with Gasteiger partial charge >= 0.3 is 0 Å². The highest BCUT2D eigenvalue weighted by atomic mass is 32.2. The van der Waals surface area contributed by atoms with Crippen LogP contribution < -0.4 is 10.0 Å². The van der Waals surface area contributed by atoms with E-state index in [-0.39, 0.29) is 6.54 Å². The molecular formula is C15H24N2O3S. The number of ether oxygens (including phenoxy) is 1. The molecule has 118 valence electrons. The first-order valence-corrected chi connectivity index (χ1v) is 8.66. The Labute approximate surface area is 127 Å². The van der Waals surface area contributed by atoms with E-state index in [4.69, 9.17) is 4.74 Å². The fourth-order valence-electron chi connectivity index (χ4n) is 2.39. The zero-order chi connectivity index (χ0) is 15.7. The molecular weight excluding hydrogens is 288 g/mol. The highest BCUT2D eigenvalue weighted by Gasteiger charge is 2.26. The monoisotopic (exact) mass is 312 g/mol. The first kappa shape index (κ1) is 16.3. The number of sulfonamides is 1. The Morgan fingerprint density at radius 1 is 1.38 bits per heavy atom. The normalized spacial score (nSPS) is 15.4. The summed E-state index contributed by atoms with van der Waals surface area (Å²) in [4.78, 5) is 0.377. The topological polar surface area (TPSA) is 67.4 Å². The van der Waals surface area contributed by atoms with Gasteiger partial charge < -0.3 is 10.1 Å². The van der Waals surface area contributed by atoms with Crippen molar-refractivity contribution in [2.75, 3.05) is 25.5 Å². The van der Waals surface area contributed by atoms with Crippen molar-refractivity contribution >= 4 is 15.7 Å². The lowest BCUT2D eigenvalue weighted by Gasteiger charge is -2.25. The molecule has 21 heavy (non-hydrogen) atoms. The fourth-order valence-corrected chi connectivity index (χ4v) is 3.86. The Kier molecular flexibility index (Phi) is 4.60. The zero-order valence-corrected chi connectivity index (χ0v) is 13.9. The molecule has 0 atom stereocenters. The molecule has 2 N–H and O–H groups in total. The summed E-state index contributed by atoms with van der Waals surface area (Å²) in [6.45, 7) is 6.82. The van der Waals surface area contributed by atoms with Crippen molar-refractivity contribution < 1.29 is 13.2 Å². The summed E-state index contributed by atoms with van der Waals surface area (Å²) >= 11 is 0. The van der Waals surface area contributed by atoms with E-state index < -0.39 is 15.6 Å². The van der Waals surface area contributed by atoms with Crippen molar-refractivity contribution in [1.29, 1.82) is 0 Å². The van der Waals surface area contributed by atoms with Crippen LogP contribution in [0.3, 0.4) is 0 Å². The van der Waals surface area contributed by atoms with Crippen molar-refractivity contribution in [2.24, 2.45) is 0 Å². The molecule has 1 aromatic rings. The molecule has 0 radical (unpaired) electrons. The summed E-state index contributed by atoms with van der Waals surface area (Å²) in [6, 6.07) is 3.55. The van der Waals surface area contributed by atoms with Crippen LogP contribution in [-0.4, -0.2) is 34.2 Å². The number of rotatable bonds is 5. The number of benzene rings is 1. The maximum absolute atomic E-state index is 12.6. The van der Waals surface area contributed by atoms with Crippen LogP contribution in [0.1, 0.15) is 31.4 Å². The average molecular weight is 312 g/mol. The molecule has 5 nitrogen and oxygen atoms in total. The van der Waals surface area contributed by atoms with E-state index in [1.807, 2.05) is 26.8 Å². The van der Waals surface area contributed by atoms with E-state index in [1.54, 1.807) is 13.2 Å².